The van der Waals surface area contributed by atoms with Crippen molar-refractivity contribution in [2.24, 2.45) is 5.73 Å². The number of hydrogen-bond acceptors (Lipinski definition) is 3. The van der Waals surface area contributed by atoms with Gasteiger partial charge in [0, 0.05) is 17.6 Å². The molecule has 1 unspecified atom stereocenters. The first-order valence-corrected chi connectivity index (χ1v) is 4.34. The van der Waals surface area contributed by atoms with Gasteiger partial charge >= 0.3 is 0 Å². The van der Waals surface area contributed by atoms with Gasteiger partial charge in [0.15, 0.2) is 0 Å². The molecule has 1 aromatic carbocycles. The Labute approximate surface area is 80.8 Å². The summed E-state index contributed by atoms with van der Waals surface area (Å²) in [6, 6.07) is 4.18. The Morgan fingerprint density at radius 2 is 2.21 bits per heavy atom. The van der Waals surface area contributed by atoms with E-state index < -0.39 is 0 Å². The van der Waals surface area contributed by atoms with E-state index in [1.807, 2.05) is 0 Å². The lowest BCUT2D eigenvalue weighted by atomic mass is 10.2. The normalized spacial score (nSPS) is 13.1. The summed E-state index contributed by atoms with van der Waals surface area (Å²) in [4.78, 5) is 8.24. The second-order valence-corrected chi connectivity index (χ2v) is 3.22. The first-order valence-electron chi connectivity index (χ1n) is 4.34. The zero-order valence-corrected chi connectivity index (χ0v) is 7.74. The minimum Gasteiger partial charge on any atom is -0.322 e. The predicted octanol–water partition coefficient (Wildman–Crippen LogP) is 1.79. The van der Waals surface area contributed by atoms with Crippen LogP contribution in [-0.2, 0) is 0 Å². The molecule has 0 bridgehead atoms. The van der Waals surface area contributed by atoms with Crippen LogP contribution in [-0.4, -0.2) is 9.97 Å². The van der Waals surface area contributed by atoms with Gasteiger partial charge in [0.05, 0.1) is 11.6 Å². The van der Waals surface area contributed by atoms with Crippen LogP contribution in [0.15, 0.2) is 24.4 Å². The van der Waals surface area contributed by atoms with Gasteiger partial charge in [-0.05, 0) is 19.1 Å². The number of aromatic nitrogens is 2. The van der Waals surface area contributed by atoms with Crippen LogP contribution in [0.2, 0.25) is 0 Å². The molecule has 1 aromatic heterocycles. The second-order valence-electron chi connectivity index (χ2n) is 3.22. The van der Waals surface area contributed by atoms with Crippen molar-refractivity contribution < 1.29 is 4.39 Å². The Hall–Kier alpha value is -1.55. The van der Waals surface area contributed by atoms with Gasteiger partial charge in [0.2, 0.25) is 0 Å². The first-order chi connectivity index (χ1) is 6.66. The fourth-order valence-electron chi connectivity index (χ4n) is 1.23. The van der Waals surface area contributed by atoms with Crippen LogP contribution in [0.4, 0.5) is 4.39 Å². The van der Waals surface area contributed by atoms with E-state index >= 15 is 0 Å². The van der Waals surface area contributed by atoms with Crippen LogP contribution in [0.5, 0.6) is 0 Å². The summed E-state index contributed by atoms with van der Waals surface area (Å²) < 4.78 is 12.9. The van der Waals surface area contributed by atoms with E-state index in [2.05, 4.69) is 9.97 Å². The molecule has 2 rings (SSSR count). The lowest BCUT2D eigenvalue weighted by Crippen LogP contribution is -2.09. The monoisotopic (exact) mass is 191 g/mol. The van der Waals surface area contributed by atoms with Gasteiger partial charge in [0.25, 0.3) is 0 Å². The topological polar surface area (TPSA) is 51.8 Å². The number of nitrogens with zero attached hydrogens (tertiary/aromatic N) is 2. The zero-order valence-electron chi connectivity index (χ0n) is 7.74. The third kappa shape index (κ3) is 1.56. The highest BCUT2D eigenvalue weighted by molar-refractivity contribution is 5.77. The fraction of sp³-hybridized carbons (Fsp3) is 0.200. The van der Waals surface area contributed by atoms with Crippen molar-refractivity contribution in [3.63, 3.8) is 0 Å². The highest BCUT2D eigenvalue weighted by Crippen LogP contribution is 2.14. The third-order valence-electron chi connectivity index (χ3n) is 1.97. The van der Waals surface area contributed by atoms with Crippen molar-refractivity contribution in [1.29, 1.82) is 0 Å². The summed E-state index contributed by atoms with van der Waals surface area (Å²) in [5.41, 5.74) is 6.21. The number of benzene rings is 1. The first kappa shape index (κ1) is 9.02. The van der Waals surface area contributed by atoms with Gasteiger partial charge in [0.1, 0.15) is 11.6 Å². The van der Waals surface area contributed by atoms with Crippen LogP contribution in [0.1, 0.15) is 18.8 Å². The maximum Gasteiger partial charge on any atom is 0.145 e. The predicted molar refractivity (Wildman–Crippen MR) is 52.1 cm³/mol. The van der Waals surface area contributed by atoms with E-state index in [4.69, 9.17) is 5.73 Å². The molecule has 0 aliphatic carbocycles. The summed E-state index contributed by atoms with van der Waals surface area (Å²) in [7, 11) is 0. The zero-order chi connectivity index (χ0) is 10.1. The molecule has 0 spiro atoms. The molecule has 0 aliphatic rings. The van der Waals surface area contributed by atoms with Gasteiger partial charge < -0.3 is 5.73 Å². The van der Waals surface area contributed by atoms with E-state index in [1.54, 1.807) is 19.2 Å². The molecule has 0 radical (unpaired) electrons. The molecule has 3 nitrogen and oxygen atoms in total. The van der Waals surface area contributed by atoms with Crippen LogP contribution in [0.25, 0.3) is 10.9 Å². The molecule has 72 valence electrons. The van der Waals surface area contributed by atoms with Crippen LogP contribution < -0.4 is 5.73 Å². The average molecular weight is 191 g/mol. The molecule has 14 heavy (non-hydrogen) atoms. The van der Waals surface area contributed by atoms with Crippen LogP contribution in [0.3, 0.4) is 0 Å². The van der Waals surface area contributed by atoms with E-state index in [-0.39, 0.29) is 11.9 Å². The molecule has 0 saturated heterocycles. The fourth-order valence-corrected chi connectivity index (χ4v) is 1.23. The number of fused-ring (bicyclic) bond motifs is 1. The molecule has 0 aliphatic heterocycles. The molecule has 0 fully saturated rings. The summed E-state index contributed by atoms with van der Waals surface area (Å²) in [6.07, 6.45) is 1.65. The van der Waals surface area contributed by atoms with Crippen molar-refractivity contribution in [1.82, 2.24) is 9.97 Å². The lowest BCUT2D eigenvalue weighted by molar-refractivity contribution is 0.629. The molecule has 0 amide bonds. The Kier molecular flexibility index (Phi) is 2.13. The molecule has 0 saturated carbocycles. The highest BCUT2D eigenvalue weighted by Gasteiger charge is 2.04. The van der Waals surface area contributed by atoms with Crippen molar-refractivity contribution in [2.75, 3.05) is 0 Å². The number of nitrogens with two attached hydrogens (primary N) is 1. The van der Waals surface area contributed by atoms with E-state index in [0.29, 0.717) is 11.3 Å². The van der Waals surface area contributed by atoms with Crippen molar-refractivity contribution in [3.8, 4) is 0 Å². The van der Waals surface area contributed by atoms with E-state index in [9.17, 15) is 4.39 Å². The van der Waals surface area contributed by atoms with Gasteiger partial charge in [-0.15, -0.1) is 0 Å². The highest BCUT2D eigenvalue weighted by atomic mass is 19.1. The number of hydrogen-bond donors (Lipinski definition) is 1. The van der Waals surface area contributed by atoms with Crippen molar-refractivity contribution in [3.05, 3.63) is 36.0 Å². The molecule has 2 aromatic rings. The van der Waals surface area contributed by atoms with Gasteiger partial charge in [-0.3, -0.25) is 0 Å². The van der Waals surface area contributed by atoms with Gasteiger partial charge in [-0.2, -0.15) is 0 Å². The molecule has 1 atom stereocenters. The molecular weight excluding hydrogens is 181 g/mol. The average Bonchev–Trinajstić information content (AvgIpc) is 2.16. The van der Waals surface area contributed by atoms with Crippen molar-refractivity contribution in [2.45, 2.75) is 13.0 Å². The van der Waals surface area contributed by atoms with E-state index in [0.717, 1.165) is 5.39 Å². The molecule has 1 heterocycles. The molecule has 2 N–H and O–H groups in total. The maximum absolute atomic E-state index is 12.9. The van der Waals surface area contributed by atoms with Crippen LogP contribution >= 0.6 is 0 Å². The minimum absolute atomic E-state index is 0.234. The largest absolute Gasteiger partial charge is 0.322 e. The van der Waals surface area contributed by atoms with E-state index in [1.165, 1.54) is 12.1 Å². The summed E-state index contributed by atoms with van der Waals surface area (Å²) in [5, 5.41) is 0.816. The number of rotatable bonds is 1. The number of halogens is 1. The Morgan fingerprint density at radius 1 is 1.43 bits per heavy atom. The Bertz CT molecular complexity index is 468. The van der Waals surface area contributed by atoms with Gasteiger partial charge in [-0.1, -0.05) is 0 Å². The Balaban J connectivity index is 2.63. The second kappa shape index (κ2) is 3.31. The third-order valence-corrected chi connectivity index (χ3v) is 1.97. The standard InChI is InChI=1S/C10H10FN3/c1-6(12)10-13-5-7-2-3-8(11)4-9(7)14-10/h2-6H,12H2,1H3. The van der Waals surface area contributed by atoms with Crippen molar-refractivity contribution >= 4 is 10.9 Å². The SMILES string of the molecule is CC(N)c1ncc2ccc(F)cc2n1. The lowest BCUT2D eigenvalue weighted by Gasteiger charge is -2.04. The molecule has 4 heteroatoms. The summed E-state index contributed by atoms with van der Waals surface area (Å²) >= 11 is 0. The minimum atomic E-state index is -0.299. The van der Waals surface area contributed by atoms with Crippen LogP contribution in [0, 0.1) is 5.82 Å². The molecular formula is C10H10FN3. The summed E-state index contributed by atoms with van der Waals surface area (Å²) in [6.45, 7) is 1.79. The quantitative estimate of drug-likeness (QED) is 0.747. The van der Waals surface area contributed by atoms with Gasteiger partial charge in [-0.25, -0.2) is 14.4 Å². The summed E-state index contributed by atoms with van der Waals surface area (Å²) in [5.74, 6) is 0.231. The maximum atomic E-state index is 12.9. The Morgan fingerprint density at radius 3 is 2.93 bits per heavy atom. The smallest absolute Gasteiger partial charge is 0.145 e.